The van der Waals surface area contributed by atoms with Crippen molar-refractivity contribution < 1.29 is 28.9 Å². The molecule has 126 valence electrons. The second kappa shape index (κ2) is 5.55. The molecule has 0 aliphatic carbocycles. The van der Waals surface area contributed by atoms with Gasteiger partial charge in [0.15, 0.2) is 11.5 Å². The van der Waals surface area contributed by atoms with Gasteiger partial charge in [-0.05, 0) is 29.8 Å². The van der Waals surface area contributed by atoms with Crippen molar-refractivity contribution in [3.05, 3.63) is 52.4 Å². The summed E-state index contributed by atoms with van der Waals surface area (Å²) in [7, 11) is 0. The Morgan fingerprint density at radius 2 is 1.80 bits per heavy atom. The monoisotopic (exact) mass is 339 g/mol. The van der Waals surface area contributed by atoms with Gasteiger partial charge >= 0.3 is 5.97 Å². The van der Waals surface area contributed by atoms with Gasteiger partial charge in [-0.2, -0.15) is 0 Å². The number of fused-ring (bicyclic) bond motifs is 2. The van der Waals surface area contributed by atoms with Gasteiger partial charge in [0.05, 0.1) is 10.9 Å². The van der Waals surface area contributed by atoms with Gasteiger partial charge in [0, 0.05) is 0 Å². The van der Waals surface area contributed by atoms with Gasteiger partial charge in [-0.3, -0.25) is 4.79 Å². The molecule has 0 saturated carbocycles. The number of ether oxygens (including phenoxy) is 2. The number of carbonyl (C=O) groups is 1. The first-order valence-corrected chi connectivity index (χ1v) is 7.46. The molecular formula is C18H11O7-. The van der Waals surface area contributed by atoms with Crippen LogP contribution in [0, 0.1) is 0 Å². The van der Waals surface area contributed by atoms with E-state index in [0.29, 0.717) is 30.3 Å². The van der Waals surface area contributed by atoms with Crippen LogP contribution in [0.25, 0.3) is 22.1 Å². The number of aromatic carboxylic acids is 1. The number of hydrogen-bond acceptors (Lipinski definition) is 6. The Labute approximate surface area is 140 Å². The fourth-order valence-corrected chi connectivity index (χ4v) is 2.79. The fraction of sp³-hybridized carbons (Fsp3) is 0.111. The molecule has 0 fully saturated rings. The van der Waals surface area contributed by atoms with Crippen LogP contribution < -0.4 is 20.0 Å². The minimum atomic E-state index is -1.40. The third-order valence-corrected chi connectivity index (χ3v) is 3.89. The molecule has 2 aromatic carbocycles. The first kappa shape index (κ1) is 15.1. The first-order chi connectivity index (χ1) is 12.0. The van der Waals surface area contributed by atoms with Gasteiger partial charge in [0.25, 0.3) is 0 Å². The molecule has 0 radical (unpaired) electrons. The average molecular weight is 339 g/mol. The van der Waals surface area contributed by atoms with Gasteiger partial charge < -0.3 is 24.1 Å². The van der Waals surface area contributed by atoms with Crippen molar-refractivity contribution in [3.8, 4) is 28.4 Å². The van der Waals surface area contributed by atoms with Gasteiger partial charge in [-0.15, -0.1) is 5.75 Å². The maximum atomic E-state index is 12.8. The molecule has 3 aromatic rings. The molecule has 2 heterocycles. The molecule has 0 unspecified atom stereocenters. The smallest absolute Gasteiger partial charge is 0.372 e. The molecule has 25 heavy (non-hydrogen) atoms. The number of rotatable bonds is 2. The molecule has 4 rings (SSSR count). The van der Waals surface area contributed by atoms with Crippen LogP contribution in [0.1, 0.15) is 10.6 Å². The SMILES string of the molecule is O=C(O)c1oc2cc([O-])ccc2c(=O)c1-c1ccc2c(c1)OCCO2. The lowest BCUT2D eigenvalue weighted by atomic mass is 10.0. The number of carboxylic acids is 1. The zero-order chi connectivity index (χ0) is 17.6. The van der Waals surface area contributed by atoms with Crippen molar-refractivity contribution in [2.45, 2.75) is 0 Å². The topological polar surface area (TPSA) is 109 Å². The zero-order valence-corrected chi connectivity index (χ0v) is 12.8. The third kappa shape index (κ3) is 2.46. The van der Waals surface area contributed by atoms with Crippen LogP contribution in [0.2, 0.25) is 0 Å². The van der Waals surface area contributed by atoms with Crippen LogP contribution in [-0.4, -0.2) is 24.3 Å². The summed E-state index contributed by atoms with van der Waals surface area (Å²) in [6.45, 7) is 0.781. The van der Waals surface area contributed by atoms with Crippen LogP contribution >= 0.6 is 0 Å². The van der Waals surface area contributed by atoms with E-state index in [-0.39, 0.29) is 22.3 Å². The van der Waals surface area contributed by atoms with E-state index in [2.05, 4.69) is 0 Å². The maximum Gasteiger partial charge on any atom is 0.372 e. The second-order valence-electron chi connectivity index (χ2n) is 5.46. The van der Waals surface area contributed by atoms with Crippen molar-refractivity contribution >= 4 is 16.9 Å². The highest BCUT2D eigenvalue weighted by atomic mass is 16.6. The lowest BCUT2D eigenvalue weighted by molar-refractivity contribution is -0.268. The summed E-state index contributed by atoms with van der Waals surface area (Å²) < 4.78 is 16.3. The van der Waals surface area contributed by atoms with E-state index < -0.39 is 17.2 Å². The van der Waals surface area contributed by atoms with Crippen molar-refractivity contribution in [1.82, 2.24) is 0 Å². The Balaban J connectivity index is 2.02. The third-order valence-electron chi connectivity index (χ3n) is 3.89. The predicted molar refractivity (Wildman–Crippen MR) is 85.3 cm³/mol. The van der Waals surface area contributed by atoms with Gasteiger partial charge in [0.1, 0.15) is 18.8 Å². The van der Waals surface area contributed by atoms with Crippen molar-refractivity contribution in [1.29, 1.82) is 0 Å². The van der Waals surface area contributed by atoms with Crippen LogP contribution in [0.5, 0.6) is 17.2 Å². The summed E-state index contributed by atoms with van der Waals surface area (Å²) in [5.74, 6) is -1.36. The van der Waals surface area contributed by atoms with Gasteiger partial charge in [0.2, 0.25) is 11.2 Å². The van der Waals surface area contributed by atoms with Crippen LogP contribution in [0.15, 0.2) is 45.6 Å². The van der Waals surface area contributed by atoms with E-state index in [9.17, 15) is 19.8 Å². The van der Waals surface area contributed by atoms with Gasteiger partial charge in [-0.25, -0.2) is 4.79 Å². The molecule has 0 bridgehead atoms. The maximum absolute atomic E-state index is 12.8. The molecule has 7 nitrogen and oxygen atoms in total. The molecule has 1 aromatic heterocycles. The van der Waals surface area contributed by atoms with E-state index in [1.54, 1.807) is 18.2 Å². The Morgan fingerprint density at radius 1 is 1.04 bits per heavy atom. The highest BCUT2D eigenvalue weighted by Gasteiger charge is 2.23. The Hall–Kier alpha value is -3.48. The fourth-order valence-electron chi connectivity index (χ4n) is 2.79. The minimum absolute atomic E-state index is 0.0591. The largest absolute Gasteiger partial charge is 0.872 e. The van der Waals surface area contributed by atoms with Crippen molar-refractivity contribution in [2.24, 2.45) is 0 Å². The molecule has 1 N–H and O–H groups in total. The minimum Gasteiger partial charge on any atom is -0.872 e. The van der Waals surface area contributed by atoms with E-state index in [1.807, 2.05) is 0 Å². The van der Waals surface area contributed by atoms with E-state index >= 15 is 0 Å². The van der Waals surface area contributed by atoms with Gasteiger partial charge in [-0.1, -0.05) is 12.1 Å². The zero-order valence-electron chi connectivity index (χ0n) is 12.8. The van der Waals surface area contributed by atoms with E-state index in [1.165, 1.54) is 12.1 Å². The normalized spacial score (nSPS) is 13.0. The summed E-state index contributed by atoms with van der Waals surface area (Å²) >= 11 is 0. The average Bonchev–Trinajstić information content (AvgIpc) is 2.60. The highest BCUT2D eigenvalue weighted by molar-refractivity contribution is 5.97. The van der Waals surface area contributed by atoms with Crippen LogP contribution in [-0.2, 0) is 0 Å². The highest BCUT2D eigenvalue weighted by Crippen LogP contribution is 2.35. The summed E-state index contributed by atoms with van der Waals surface area (Å²) in [5.41, 5.74) is -0.356. The molecular weight excluding hydrogens is 328 g/mol. The summed E-state index contributed by atoms with van der Waals surface area (Å²) in [6, 6.07) is 8.38. The number of benzene rings is 2. The molecule has 1 aliphatic rings. The van der Waals surface area contributed by atoms with E-state index in [0.717, 1.165) is 6.07 Å². The second-order valence-corrected chi connectivity index (χ2v) is 5.46. The summed E-state index contributed by atoms with van der Waals surface area (Å²) in [6.07, 6.45) is 0. The standard InChI is InChI=1S/C18H12O7/c19-10-2-3-11-13(8-10)25-17(18(21)22)15(16(11)20)9-1-4-12-14(7-9)24-6-5-23-12/h1-4,7-8,19H,5-6H2,(H,21,22)/p-1. The number of carboxylic acid groups (broad SMARTS) is 1. The predicted octanol–water partition coefficient (Wildman–Crippen LogP) is 2.00. The molecule has 1 aliphatic heterocycles. The summed E-state index contributed by atoms with van der Waals surface area (Å²) in [5, 5.41) is 21.0. The lowest BCUT2D eigenvalue weighted by Crippen LogP contribution is -2.16. The van der Waals surface area contributed by atoms with Crippen LogP contribution in [0.4, 0.5) is 0 Å². The van der Waals surface area contributed by atoms with E-state index in [4.69, 9.17) is 13.9 Å². The molecule has 0 atom stereocenters. The van der Waals surface area contributed by atoms with Crippen LogP contribution in [0.3, 0.4) is 0 Å². The Kier molecular flexibility index (Phi) is 3.35. The molecule has 0 amide bonds. The molecule has 7 heteroatoms. The van der Waals surface area contributed by atoms with Crippen molar-refractivity contribution in [2.75, 3.05) is 13.2 Å². The lowest BCUT2D eigenvalue weighted by Gasteiger charge is -2.19. The summed E-state index contributed by atoms with van der Waals surface area (Å²) in [4.78, 5) is 24.4. The molecule has 0 spiro atoms. The first-order valence-electron chi connectivity index (χ1n) is 7.46. The van der Waals surface area contributed by atoms with Crippen molar-refractivity contribution in [3.63, 3.8) is 0 Å². The Morgan fingerprint density at radius 3 is 2.56 bits per heavy atom. The quantitative estimate of drug-likeness (QED) is 0.760. The molecule has 0 saturated heterocycles. The Bertz CT molecular complexity index is 1060. The number of hydrogen-bond donors (Lipinski definition) is 1.